The van der Waals surface area contributed by atoms with Crippen LogP contribution in [0.5, 0.6) is 0 Å². The van der Waals surface area contributed by atoms with E-state index in [1.807, 2.05) is 0 Å². The number of aromatic nitrogens is 1. The van der Waals surface area contributed by atoms with Gasteiger partial charge in [0.15, 0.2) is 0 Å². The van der Waals surface area contributed by atoms with Crippen molar-refractivity contribution < 1.29 is 19.1 Å². The second-order valence-electron chi connectivity index (χ2n) is 7.52. The number of nitrogens with one attached hydrogen (secondary N) is 1. The quantitative estimate of drug-likeness (QED) is 0.415. The van der Waals surface area contributed by atoms with Gasteiger partial charge in [-0.1, -0.05) is 66.2 Å². The lowest BCUT2D eigenvalue weighted by atomic mass is 10.0. The SMILES string of the molecule is CCCCC(CC)COC(=O)c1c[nH]c(N)c1C(=O)OCC(CC)CCCC. The molecule has 0 aliphatic heterocycles. The van der Waals surface area contributed by atoms with E-state index in [9.17, 15) is 9.59 Å². The van der Waals surface area contributed by atoms with E-state index in [-0.39, 0.29) is 16.9 Å². The van der Waals surface area contributed by atoms with Gasteiger partial charge in [0, 0.05) is 6.20 Å². The van der Waals surface area contributed by atoms with Crippen LogP contribution in [0.15, 0.2) is 6.20 Å². The Labute approximate surface area is 169 Å². The van der Waals surface area contributed by atoms with Crippen molar-refractivity contribution in [1.82, 2.24) is 4.98 Å². The van der Waals surface area contributed by atoms with Gasteiger partial charge in [-0.15, -0.1) is 0 Å². The van der Waals surface area contributed by atoms with Crippen LogP contribution in [0, 0.1) is 11.8 Å². The van der Waals surface area contributed by atoms with Crippen molar-refractivity contribution in [2.24, 2.45) is 11.8 Å². The number of aromatic amines is 1. The predicted molar refractivity (Wildman–Crippen MR) is 112 cm³/mol. The van der Waals surface area contributed by atoms with Crippen LogP contribution in [-0.2, 0) is 9.47 Å². The van der Waals surface area contributed by atoms with E-state index >= 15 is 0 Å². The maximum Gasteiger partial charge on any atom is 0.342 e. The van der Waals surface area contributed by atoms with E-state index in [4.69, 9.17) is 15.2 Å². The van der Waals surface area contributed by atoms with Crippen LogP contribution in [0.2, 0.25) is 0 Å². The first-order chi connectivity index (χ1) is 13.5. The Balaban J connectivity index is 2.70. The summed E-state index contributed by atoms with van der Waals surface area (Å²) in [6.45, 7) is 9.15. The standard InChI is InChI=1S/C22H38N2O4/c1-5-9-11-16(7-3)14-27-21(25)18-13-24-20(23)19(18)22(26)28-15-17(8-4)12-10-6-2/h13,16-17,24H,5-12,14-15,23H2,1-4H3. The van der Waals surface area contributed by atoms with Gasteiger partial charge >= 0.3 is 11.9 Å². The average molecular weight is 395 g/mol. The summed E-state index contributed by atoms with van der Waals surface area (Å²) in [5.74, 6) is -0.314. The third-order valence-corrected chi connectivity index (χ3v) is 5.32. The Morgan fingerprint density at radius 1 is 0.929 bits per heavy atom. The molecular weight excluding hydrogens is 356 g/mol. The minimum atomic E-state index is -0.571. The van der Waals surface area contributed by atoms with Crippen LogP contribution in [0.4, 0.5) is 5.82 Å². The maximum atomic E-state index is 12.6. The summed E-state index contributed by atoms with van der Waals surface area (Å²) in [5, 5.41) is 0. The number of carbonyl (C=O) groups excluding carboxylic acids is 2. The van der Waals surface area contributed by atoms with Gasteiger partial charge in [0.25, 0.3) is 0 Å². The lowest BCUT2D eigenvalue weighted by Crippen LogP contribution is -2.19. The molecule has 6 heteroatoms. The van der Waals surface area contributed by atoms with E-state index in [1.54, 1.807) is 0 Å². The highest BCUT2D eigenvalue weighted by Crippen LogP contribution is 2.21. The molecule has 1 rings (SSSR count). The molecular formula is C22H38N2O4. The highest BCUT2D eigenvalue weighted by molar-refractivity contribution is 6.06. The first-order valence-electron chi connectivity index (χ1n) is 10.8. The molecule has 0 aromatic carbocycles. The molecule has 160 valence electrons. The van der Waals surface area contributed by atoms with E-state index in [2.05, 4.69) is 32.7 Å². The highest BCUT2D eigenvalue weighted by Gasteiger charge is 2.25. The van der Waals surface area contributed by atoms with Crippen molar-refractivity contribution >= 4 is 17.8 Å². The summed E-state index contributed by atoms with van der Waals surface area (Å²) in [5.41, 5.74) is 6.11. The van der Waals surface area contributed by atoms with E-state index < -0.39 is 11.9 Å². The Morgan fingerprint density at radius 3 is 1.89 bits per heavy atom. The fourth-order valence-corrected chi connectivity index (χ4v) is 3.15. The zero-order valence-electron chi connectivity index (χ0n) is 18.0. The molecule has 0 spiro atoms. The van der Waals surface area contributed by atoms with Gasteiger partial charge in [-0.3, -0.25) is 0 Å². The van der Waals surface area contributed by atoms with Crippen LogP contribution in [0.3, 0.4) is 0 Å². The zero-order valence-corrected chi connectivity index (χ0v) is 18.0. The average Bonchev–Trinajstić information content (AvgIpc) is 3.09. The number of esters is 2. The Kier molecular flexibility index (Phi) is 11.4. The smallest absolute Gasteiger partial charge is 0.342 e. The van der Waals surface area contributed by atoms with Gasteiger partial charge in [0.2, 0.25) is 0 Å². The van der Waals surface area contributed by atoms with Crippen molar-refractivity contribution in [2.45, 2.75) is 79.1 Å². The number of hydrogen-bond acceptors (Lipinski definition) is 5. The molecule has 0 aliphatic carbocycles. The summed E-state index contributed by atoms with van der Waals surface area (Å²) in [6, 6.07) is 0. The number of carbonyl (C=O) groups is 2. The minimum Gasteiger partial charge on any atom is -0.462 e. The molecule has 0 aliphatic rings. The summed E-state index contributed by atoms with van der Waals surface area (Å²) >= 11 is 0. The van der Waals surface area contributed by atoms with Gasteiger partial charge in [-0.25, -0.2) is 9.59 Å². The number of anilines is 1. The largest absolute Gasteiger partial charge is 0.462 e. The maximum absolute atomic E-state index is 12.6. The number of H-pyrrole nitrogens is 1. The van der Waals surface area contributed by atoms with Crippen LogP contribution < -0.4 is 5.73 Å². The van der Waals surface area contributed by atoms with E-state index in [0.717, 1.165) is 51.4 Å². The third kappa shape index (κ3) is 7.56. The van der Waals surface area contributed by atoms with Gasteiger partial charge in [-0.2, -0.15) is 0 Å². The Hall–Kier alpha value is -1.98. The molecule has 0 saturated heterocycles. The number of nitrogens with two attached hydrogens (primary N) is 1. The molecule has 0 amide bonds. The van der Waals surface area contributed by atoms with Crippen molar-refractivity contribution in [3.63, 3.8) is 0 Å². The van der Waals surface area contributed by atoms with Crippen molar-refractivity contribution in [1.29, 1.82) is 0 Å². The molecule has 2 unspecified atom stereocenters. The molecule has 0 fully saturated rings. The number of nitrogen functional groups attached to an aromatic ring is 1. The second kappa shape index (κ2) is 13.2. The van der Waals surface area contributed by atoms with E-state index in [0.29, 0.717) is 25.0 Å². The van der Waals surface area contributed by atoms with Crippen LogP contribution in [-0.4, -0.2) is 30.1 Å². The molecule has 0 radical (unpaired) electrons. The van der Waals surface area contributed by atoms with Crippen LogP contribution >= 0.6 is 0 Å². The van der Waals surface area contributed by atoms with Crippen LogP contribution in [0.1, 0.15) is 99.8 Å². The fourth-order valence-electron chi connectivity index (χ4n) is 3.15. The lowest BCUT2D eigenvalue weighted by molar-refractivity contribution is 0.0383. The lowest BCUT2D eigenvalue weighted by Gasteiger charge is -2.16. The summed E-state index contributed by atoms with van der Waals surface area (Å²) < 4.78 is 10.9. The Bertz CT molecular complexity index is 597. The Morgan fingerprint density at radius 2 is 1.43 bits per heavy atom. The van der Waals surface area contributed by atoms with Crippen molar-refractivity contribution in [2.75, 3.05) is 18.9 Å². The number of ether oxygens (including phenoxy) is 2. The van der Waals surface area contributed by atoms with Gasteiger partial charge < -0.3 is 20.2 Å². The predicted octanol–water partition coefficient (Wildman–Crippen LogP) is 5.34. The first-order valence-corrected chi connectivity index (χ1v) is 10.8. The second-order valence-corrected chi connectivity index (χ2v) is 7.52. The molecule has 1 aromatic rings. The van der Waals surface area contributed by atoms with Crippen LogP contribution in [0.25, 0.3) is 0 Å². The molecule has 1 heterocycles. The molecule has 6 nitrogen and oxygen atoms in total. The minimum absolute atomic E-state index is 0.0805. The van der Waals surface area contributed by atoms with E-state index in [1.165, 1.54) is 6.20 Å². The topological polar surface area (TPSA) is 94.4 Å². The monoisotopic (exact) mass is 394 g/mol. The zero-order chi connectivity index (χ0) is 20.9. The van der Waals surface area contributed by atoms with Gasteiger partial charge in [-0.05, 0) is 24.7 Å². The molecule has 0 saturated carbocycles. The fraction of sp³-hybridized carbons (Fsp3) is 0.727. The number of rotatable bonds is 14. The highest BCUT2D eigenvalue weighted by atomic mass is 16.5. The first kappa shape index (κ1) is 24.1. The van der Waals surface area contributed by atoms with Crippen molar-refractivity contribution in [3.05, 3.63) is 17.3 Å². The third-order valence-electron chi connectivity index (χ3n) is 5.32. The van der Waals surface area contributed by atoms with Gasteiger partial charge in [0.05, 0.1) is 18.8 Å². The summed E-state index contributed by atoms with van der Waals surface area (Å²) in [7, 11) is 0. The van der Waals surface area contributed by atoms with Crippen molar-refractivity contribution in [3.8, 4) is 0 Å². The molecule has 2 atom stereocenters. The molecule has 0 bridgehead atoms. The number of hydrogen-bond donors (Lipinski definition) is 2. The molecule has 3 N–H and O–H groups in total. The normalized spacial score (nSPS) is 13.1. The molecule has 28 heavy (non-hydrogen) atoms. The van der Waals surface area contributed by atoms with Gasteiger partial charge in [0.1, 0.15) is 11.4 Å². The number of unbranched alkanes of at least 4 members (excludes halogenated alkanes) is 2. The summed E-state index contributed by atoms with van der Waals surface area (Å²) in [6.07, 6.45) is 9.82. The summed E-state index contributed by atoms with van der Waals surface area (Å²) in [4.78, 5) is 27.8. The molecule has 1 aromatic heterocycles.